The number of rotatable bonds is 2. The second-order valence-corrected chi connectivity index (χ2v) is 5.51. The van der Waals surface area contributed by atoms with Crippen LogP contribution in [-0.4, -0.2) is 11.4 Å². The van der Waals surface area contributed by atoms with Crippen molar-refractivity contribution in [1.29, 1.82) is 0 Å². The Balaban J connectivity index is 2.00. The minimum atomic E-state index is -0.290. The second kappa shape index (κ2) is 4.34. The van der Waals surface area contributed by atoms with Crippen LogP contribution in [0.4, 0.5) is 4.39 Å². The van der Waals surface area contributed by atoms with Crippen LogP contribution in [-0.2, 0) is 0 Å². The predicted molar refractivity (Wildman–Crippen MR) is 73.6 cm³/mol. The van der Waals surface area contributed by atoms with Gasteiger partial charge in [-0.25, -0.2) is 4.39 Å². The van der Waals surface area contributed by atoms with Gasteiger partial charge >= 0.3 is 0 Å². The molecule has 2 aromatic rings. The van der Waals surface area contributed by atoms with Crippen molar-refractivity contribution in [2.75, 3.05) is 0 Å². The van der Waals surface area contributed by atoms with Crippen molar-refractivity contribution in [1.82, 2.24) is 5.32 Å². The first kappa shape index (κ1) is 12.2. The van der Waals surface area contributed by atoms with Gasteiger partial charge in [0.1, 0.15) is 5.82 Å². The highest BCUT2D eigenvalue weighted by Gasteiger charge is 2.33. The van der Waals surface area contributed by atoms with Crippen LogP contribution in [0.3, 0.4) is 0 Å². The third kappa shape index (κ3) is 2.09. The molecule has 2 nitrogen and oxygen atoms in total. The number of nitrogens with one attached hydrogen (secondary N) is 1. The molecular formula is C16H16FNO. The van der Waals surface area contributed by atoms with E-state index in [2.05, 4.69) is 12.2 Å². The number of carbonyl (C=O) groups excluding carboxylic acids is 1. The Hall–Kier alpha value is -1.90. The van der Waals surface area contributed by atoms with Gasteiger partial charge in [-0.3, -0.25) is 4.79 Å². The van der Waals surface area contributed by atoms with Crippen LogP contribution in [0.2, 0.25) is 0 Å². The lowest BCUT2D eigenvalue weighted by atomic mass is 9.78. The number of hydrogen-bond donors (Lipinski definition) is 1. The molecule has 0 unspecified atom stereocenters. The molecule has 0 bridgehead atoms. The van der Waals surface area contributed by atoms with E-state index in [0.29, 0.717) is 16.3 Å². The number of hydrogen-bond acceptors (Lipinski definition) is 1. The van der Waals surface area contributed by atoms with E-state index in [1.54, 1.807) is 24.3 Å². The van der Waals surface area contributed by atoms with E-state index in [0.717, 1.165) is 19.3 Å². The van der Waals surface area contributed by atoms with Crippen LogP contribution in [0.25, 0.3) is 10.8 Å². The smallest absolute Gasteiger partial charge is 0.252 e. The van der Waals surface area contributed by atoms with Gasteiger partial charge in [0.05, 0.1) is 0 Å². The van der Waals surface area contributed by atoms with Gasteiger partial charge in [0, 0.05) is 16.5 Å². The highest BCUT2D eigenvalue weighted by Crippen LogP contribution is 2.31. The van der Waals surface area contributed by atoms with Crippen LogP contribution < -0.4 is 5.32 Å². The van der Waals surface area contributed by atoms with E-state index < -0.39 is 0 Å². The van der Waals surface area contributed by atoms with Crippen LogP contribution in [0, 0.1) is 5.82 Å². The normalized spacial score (nSPS) is 16.9. The lowest BCUT2D eigenvalue weighted by Gasteiger charge is -2.39. The Morgan fingerprint density at radius 3 is 2.47 bits per heavy atom. The molecule has 1 aliphatic carbocycles. The molecule has 0 aliphatic heterocycles. The number of fused-ring (bicyclic) bond motifs is 1. The van der Waals surface area contributed by atoms with Crippen molar-refractivity contribution in [3.63, 3.8) is 0 Å². The second-order valence-electron chi connectivity index (χ2n) is 5.51. The molecule has 1 saturated carbocycles. The number of benzene rings is 2. The lowest BCUT2D eigenvalue weighted by molar-refractivity contribution is 0.0852. The number of amides is 1. The van der Waals surface area contributed by atoms with Crippen molar-refractivity contribution in [2.45, 2.75) is 31.7 Å². The van der Waals surface area contributed by atoms with Gasteiger partial charge in [-0.15, -0.1) is 0 Å². The Bertz CT molecular complexity index is 646. The fourth-order valence-corrected chi connectivity index (χ4v) is 2.63. The summed E-state index contributed by atoms with van der Waals surface area (Å²) in [5.41, 5.74) is 0.456. The molecule has 0 aromatic heterocycles. The quantitative estimate of drug-likeness (QED) is 0.874. The molecule has 0 heterocycles. The van der Waals surface area contributed by atoms with E-state index in [1.807, 2.05) is 6.07 Å². The van der Waals surface area contributed by atoms with Gasteiger partial charge in [0.25, 0.3) is 5.91 Å². The molecule has 98 valence electrons. The van der Waals surface area contributed by atoms with Crippen molar-refractivity contribution in [3.8, 4) is 0 Å². The SMILES string of the molecule is CC1(NC(=O)c2ccc(F)c3ccccc23)CCC1. The summed E-state index contributed by atoms with van der Waals surface area (Å²) in [5, 5.41) is 4.22. The first-order valence-electron chi connectivity index (χ1n) is 6.59. The summed E-state index contributed by atoms with van der Waals surface area (Å²) in [6, 6.07) is 10.0. The molecule has 1 N–H and O–H groups in total. The highest BCUT2D eigenvalue weighted by atomic mass is 19.1. The number of carbonyl (C=O) groups is 1. The zero-order valence-electron chi connectivity index (χ0n) is 10.9. The summed E-state index contributed by atoms with van der Waals surface area (Å²) in [7, 11) is 0. The third-order valence-corrected chi connectivity index (χ3v) is 3.99. The van der Waals surface area contributed by atoms with E-state index in [9.17, 15) is 9.18 Å². The van der Waals surface area contributed by atoms with E-state index in [-0.39, 0.29) is 17.3 Å². The summed E-state index contributed by atoms with van der Waals surface area (Å²) in [4.78, 5) is 12.3. The number of halogens is 1. The van der Waals surface area contributed by atoms with Gasteiger partial charge in [-0.1, -0.05) is 24.3 Å². The molecule has 0 atom stereocenters. The molecule has 19 heavy (non-hydrogen) atoms. The van der Waals surface area contributed by atoms with Crippen molar-refractivity contribution < 1.29 is 9.18 Å². The fourth-order valence-electron chi connectivity index (χ4n) is 2.63. The van der Waals surface area contributed by atoms with Crippen molar-refractivity contribution in [3.05, 3.63) is 47.8 Å². The largest absolute Gasteiger partial charge is 0.347 e. The van der Waals surface area contributed by atoms with Crippen LogP contribution in [0.15, 0.2) is 36.4 Å². The maximum Gasteiger partial charge on any atom is 0.252 e. The summed E-state index contributed by atoms with van der Waals surface area (Å²) < 4.78 is 13.7. The summed E-state index contributed by atoms with van der Waals surface area (Å²) in [5.74, 6) is -0.402. The zero-order valence-corrected chi connectivity index (χ0v) is 10.9. The topological polar surface area (TPSA) is 29.1 Å². The van der Waals surface area contributed by atoms with Gasteiger partial charge < -0.3 is 5.32 Å². The zero-order chi connectivity index (χ0) is 13.5. The molecule has 1 amide bonds. The Morgan fingerprint density at radius 1 is 1.16 bits per heavy atom. The molecule has 0 spiro atoms. The van der Waals surface area contributed by atoms with E-state index in [1.165, 1.54) is 6.07 Å². The fraction of sp³-hybridized carbons (Fsp3) is 0.312. The molecule has 2 aromatic carbocycles. The van der Waals surface area contributed by atoms with E-state index >= 15 is 0 Å². The standard InChI is InChI=1S/C16H16FNO/c1-16(9-4-10-16)18-15(19)13-7-8-14(17)12-6-3-2-5-11(12)13/h2-3,5-8H,4,9-10H2,1H3,(H,18,19). The summed E-state index contributed by atoms with van der Waals surface area (Å²) >= 11 is 0. The Kier molecular flexibility index (Phi) is 2.77. The molecular weight excluding hydrogens is 241 g/mol. The van der Waals surface area contributed by atoms with Crippen molar-refractivity contribution >= 4 is 16.7 Å². The molecule has 3 rings (SSSR count). The van der Waals surface area contributed by atoms with Crippen molar-refractivity contribution in [2.24, 2.45) is 0 Å². The van der Waals surface area contributed by atoms with Crippen LogP contribution >= 0.6 is 0 Å². The molecule has 3 heteroatoms. The first-order valence-corrected chi connectivity index (χ1v) is 6.59. The lowest BCUT2D eigenvalue weighted by Crippen LogP contribution is -2.50. The monoisotopic (exact) mass is 257 g/mol. The van der Waals surface area contributed by atoms with E-state index in [4.69, 9.17) is 0 Å². The Labute approximate surface area is 111 Å². The highest BCUT2D eigenvalue weighted by molar-refractivity contribution is 6.07. The molecule has 0 radical (unpaired) electrons. The molecule has 0 saturated heterocycles. The van der Waals surface area contributed by atoms with Gasteiger partial charge in [0.15, 0.2) is 0 Å². The predicted octanol–water partition coefficient (Wildman–Crippen LogP) is 3.65. The van der Waals surface area contributed by atoms with Gasteiger partial charge in [-0.05, 0) is 43.7 Å². The third-order valence-electron chi connectivity index (χ3n) is 3.99. The van der Waals surface area contributed by atoms with Gasteiger partial charge in [0.2, 0.25) is 0 Å². The average Bonchev–Trinajstić information content (AvgIpc) is 2.37. The first-order chi connectivity index (χ1) is 9.09. The van der Waals surface area contributed by atoms with Crippen LogP contribution in [0.5, 0.6) is 0 Å². The molecule has 1 fully saturated rings. The van der Waals surface area contributed by atoms with Gasteiger partial charge in [-0.2, -0.15) is 0 Å². The Morgan fingerprint density at radius 2 is 1.84 bits per heavy atom. The summed E-state index contributed by atoms with van der Waals surface area (Å²) in [6.45, 7) is 2.06. The average molecular weight is 257 g/mol. The maximum absolute atomic E-state index is 13.7. The minimum absolute atomic E-state index is 0.0907. The molecule has 1 aliphatic rings. The summed E-state index contributed by atoms with van der Waals surface area (Å²) in [6.07, 6.45) is 3.18. The minimum Gasteiger partial charge on any atom is -0.347 e. The van der Waals surface area contributed by atoms with Crippen LogP contribution in [0.1, 0.15) is 36.5 Å². The maximum atomic E-state index is 13.7.